The van der Waals surface area contributed by atoms with E-state index in [2.05, 4.69) is 9.72 Å². The number of hydrogen-bond acceptors (Lipinski definition) is 5. The SMILES string of the molecule is [2H]c1c(CC(=O)Cc2ccnc(C(=O)OC)c2)c(F)cc(C(C([2H])([2H])[2H])(C([2H])([2H])[2H])C([2H])([2H])[2H])c1OC. The van der Waals surface area contributed by atoms with Gasteiger partial charge in [-0.3, -0.25) is 4.79 Å². The maximum absolute atomic E-state index is 15.3. The first-order chi connectivity index (χ1) is 16.8. The molecule has 0 fully saturated rings. The van der Waals surface area contributed by atoms with E-state index in [1.165, 1.54) is 18.3 Å². The van der Waals surface area contributed by atoms with Crippen LogP contribution in [-0.4, -0.2) is 31.0 Å². The summed E-state index contributed by atoms with van der Waals surface area (Å²) in [5, 5.41) is 0. The molecule has 0 N–H and O–H groups in total. The van der Waals surface area contributed by atoms with E-state index in [1.54, 1.807) is 0 Å². The van der Waals surface area contributed by atoms with Crippen LogP contribution < -0.4 is 4.74 Å². The molecule has 2 rings (SSSR count). The third kappa shape index (κ3) is 5.12. The first-order valence-electron chi connectivity index (χ1n) is 12.7. The first-order valence-corrected chi connectivity index (χ1v) is 7.74. The number of esters is 1. The summed E-state index contributed by atoms with van der Waals surface area (Å²) in [7, 11) is 2.09. The van der Waals surface area contributed by atoms with Crippen molar-refractivity contribution in [3.63, 3.8) is 0 Å². The predicted octanol–water partition coefficient (Wildman–Crippen LogP) is 3.67. The van der Waals surface area contributed by atoms with E-state index in [0.717, 1.165) is 14.2 Å². The van der Waals surface area contributed by atoms with Gasteiger partial charge in [0.05, 0.1) is 15.6 Å². The Morgan fingerprint density at radius 3 is 2.63 bits per heavy atom. The Morgan fingerprint density at radius 2 is 2.00 bits per heavy atom. The molecule has 0 saturated carbocycles. The second-order valence-electron chi connectivity index (χ2n) is 5.73. The maximum atomic E-state index is 15.3. The predicted molar refractivity (Wildman–Crippen MR) is 99.6 cm³/mol. The Balaban J connectivity index is 2.63. The maximum Gasteiger partial charge on any atom is 0.356 e. The summed E-state index contributed by atoms with van der Waals surface area (Å²) >= 11 is 0. The van der Waals surface area contributed by atoms with Crippen molar-refractivity contribution in [3.05, 3.63) is 58.6 Å². The minimum atomic E-state index is -3.70. The van der Waals surface area contributed by atoms with E-state index in [0.29, 0.717) is 11.6 Å². The molecule has 0 saturated heterocycles. The lowest BCUT2D eigenvalue weighted by molar-refractivity contribution is -0.117. The molecule has 144 valence electrons. The molecule has 0 spiro atoms. The van der Waals surface area contributed by atoms with Crippen molar-refractivity contribution in [1.82, 2.24) is 4.98 Å². The van der Waals surface area contributed by atoms with E-state index in [9.17, 15) is 9.59 Å². The summed E-state index contributed by atoms with van der Waals surface area (Å²) in [6.07, 6.45) is 0.264. The summed E-state index contributed by atoms with van der Waals surface area (Å²) in [5.74, 6) is -3.50. The third-order valence-electron chi connectivity index (χ3n) is 3.67. The molecule has 0 bridgehead atoms. The second-order valence-corrected chi connectivity index (χ2v) is 5.73. The highest BCUT2D eigenvalue weighted by Crippen LogP contribution is 2.33. The van der Waals surface area contributed by atoms with Crippen LogP contribution >= 0.6 is 0 Å². The van der Waals surface area contributed by atoms with Gasteiger partial charge in [0.25, 0.3) is 0 Å². The van der Waals surface area contributed by atoms with Crippen LogP contribution in [0.5, 0.6) is 5.75 Å². The standard InChI is InChI=1S/C21H24FNO4/c1-21(2,3)16-12-17(22)14(11-19(16)26-4)10-15(24)8-13-6-7-23-18(9-13)20(25)27-5/h6-7,9,11-12H,8,10H2,1-5H3/i1D3,2D3,3D3,11D. The van der Waals surface area contributed by atoms with Crippen molar-refractivity contribution in [2.24, 2.45) is 0 Å². The van der Waals surface area contributed by atoms with E-state index in [1.807, 2.05) is 0 Å². The molecule has 0 aliphatic carbocycles. The van der Waals surface area contributed by atoms with E-state index >= 15 is 4.39 Å². The fourth-order valence-corrected chi connectivity index (χ4v) is 2.40. The van der Waals surface area contributed by atoms with Gasteiger partial charge in [0.1, 0.15) is 23.0 Å². The summed E-state index contributed by atoms with van der Waals surface area (Å²) in [6.45, 7) is -11.1. The molecule has 6 heteroatoms. The van der Waals surface area contributed by atoms with Crippen molar-refractivity contribution < 1.29 is 37.2 Å². The number of ether oxygens (including phenoxy) is 2. The smallest absolute Gasteiger partial charge is 0.356 e. The van der Waals surface area contributed by atoms with Crippen LogP contribution in [0.2, 0.25) is 0 Å². The molecule has 1 aromatic carbocycles. The molecular formula is C21H24FNO4. The number of nitrogens with zero attached hydrogens (tertiary/aromatic N) is 1. The number of carbonyl (C=O) groups excluding carboxylic acids is 2. The highest BCUT2D eigenvalue weighted by atomic mass is 19.1. The van der Waals surface area contributed by atoms with Gasteiger partial charge in [0.15, 0.2) is 0 Å². The number of hydrogen-bond donors (Lipinski definition) is 0. The van der Waals surface area contributed by atoms with Crippen molar-refractivity contribution in [1.29, 1.82) is 0 Å². The van der Waals surface area contributed by atoms with Crippen LogP contribution in [0.15, 0.2) is 30.4 Å². The Labute approximate surface area is 172 Å². The van der Waals surface area contributed by atoms with Gasteiger partial charge in [-0.15, -0.1) is 0 Å². The summed E-state index contributed by atoms with van der Waals surface area (Å²) < 4.78 is 104. The first kappa shape index (κ1) is 10.5. The number of aromatic nitrogens is 1. The Bertz CT molecular complexity index is 1160. The van der Waals surface area contributed by atoms with Crippen molar-refractivity contribution in [3.8, 4) is 5.75 Å². The highest BCUT2D eigenvalue weighted by Gasteiger charge is 2.22. The van der Waals surface area contributed by atoms with Gasteiger partial charge in [-0.2, -0.15) is 0 Å². The number of benzene rings is 1. The van der Waals surface area contributed by atoms with Gasteiger partial charge < -0.3 is 9.47 Å². The topological polar surface area (TPSA) is 65.5 Å². The molecule has 27 heavy (non-hydrogen) atoms. The molecule has 0 amide bonds. The van der Waals surface area contributed by atoms with Crippen LogP contribution in [0.1, 0.15) is 61.4 Å². The molecule has 1 heterocycles. The second kappa shape index (κ2) is 8.29. The quantitative estimate of drug-likeness (QED) is 0.712. The Morgan fingerprint density at radius 1 is 1.26 bits per heavy atom. The monoisotopic (exact) mass is 383 g/mol. The third-order valence-corrected chi connectivity index (χ3v) is 3.67. The van der Waals surface area contributed by atoms with Crippen molar-refractivity contribution in [2.45, 2.75) is 38.8 Å². The number of rotatable bonds is 6. The average molecular weight is 383 g/mol. The van der Waals surface area contributed by atoms with Gasteiger partial charge in [-0.05, 0) is 40.8 Å². The van der Waals surface area contributed by atoms with Crippen LogP contribution in [0.25, 0.3) is 0 Å². The van der Waals surface area contributed by atoms with E-state index in [-0.39, 0.29) is 12.1 Å². The molecule has 0 aliphatic heterocycles. The lowest BCUT2D eigenvalue weighted by Gasteiger charge is -2.23. The van der Waals surface area contributed by atoms with Crippen molar-refractivity contribution in [2.75, 3.05) is 14.2 Å². The minimum Gasteiger partial charge on any atom is -0.496 e. The lowest BCUT2D eigenvalue weighted by atomic mass is 9.85. The van der Waals surface area contributed by atoms with Gasteiger partial charge in [0, 0.05) is 36.9 Å². The molecule has 2 aromatic rings. The normalized spacial score (nSPS) is 18.0. The molecule has 0 unspecified atom stereocenters. The van der Waals surface area contributed by atoms with Gasteiger partial charge in [0.2, 0.25) is 0 Å². The Kier molecular flexibility index (Phi) is 3.24. The fourth-order valence-electron chi connectivity index (χ4n) is 2.40. The summed E-state index contributed by atoms with van der Waals surface area (Å²) in [5.41, 5.74) is -4.93. The number of methoxy groups -OCH3 is 2. The fraction of sp³-hybridized carbons (Fsp3) is 0.381. The zero-order chi connectivity index (χ0) is 28.6. The lowest BCUT2D eigenvalue weighted by Crippen LogP contribution is -2.15. The van der Waals surface area contributed by atoms with Gasteiger partial charge in [-0.1, -0.05) is 20.6 Å². The Hall–Kier alpha value is -2.76. The number of halogens is 1. The van der Waals surface area contributed by atoms with Crippen molar-refractivity contribution >= 4 is 11.8 Å². The number of ketones is 1. The zero-order valence-corrected chi connectivity index (χ0v) is 14.7. The van der Waals surface area contributed by atoms with Crippen LogP contribution in [0, 0.1) is 5.82 Å². The summed E-state index contributed by atoms with van der Waals surface area (Å²) in [6, 6.07) is 2.26. The van der Waals surface area contributed by atoms with Gasteiger partial charge in [-0.25, -0.2) is 14.2 Å². The molecular weight excluding hydrogens is 349 g/mol. The molecule has 0 atom stereocenters. The number of carbonyl (C=O) groups is 2. The average Bonchev–Trinajstić information content (AvgIpc) is 2.73. The zero-order valence-electron chi connectivity index (χ0n) is 24.7. The highest BCUT2D eigenvalue weighted by molar-refractivity contribution is 5.88. The van der Waals surface area contributed by atoms with Crippen LogP contribution in [-0.2, 0) is 27.8 Å². The molecule has 0 radical (unpaired) electrons. The molecule has 1 aromatic heterocycles. The number of Topliss-reactive ketones (excluding diaryl/α,β-unsaturated/α-hetero) is 1. The number of pyridine rings is 1. The molecule has 5 nitrogen and oxygen atoms in total. The van der Waals surface area contributed by atoms with E-state index in [4.69, 9.17) is 18.4 Å². The van der Waals surface area contributed by atoms with E-state index < -0.39 is 72.9 Å². The minimum absolute atomic E-state index is 0.0680. The van der Waals surface area contributed by atoms with Crippen LogP contribution in [0.4, 0.5) is 4.39 Å². The van der Waals surface area contributed by atoms with Crippen LogP contribution in [0.3, 0.4) is 0 Å². The summed E-state index contributed by atoms with van der Waals surface area (Å²) in [4.78, 5) is 28.2. The van der Waals surface area contributed by atoms with Gasteiger partial charge >= 0.3 is 5.97 Å². The molecule has 0 aliphatic rings. The largest absolute Gasteiger partial charge is 0.496 e.